The van der Waals surface area contributed by atoms with E-state index in [0.29, 0.717) is 12.0 Å². The Bertz CT molecular complexity index is 598. The predicted molar refractivity (Wildman–Crippen MR) is 116 cm³/mol. The van der Waals surface area contributed by atoms with E-state index in [9.17, 15) is 0 Å². The van der Waals surface area contributed by atoms with Crippen molar-refractivity contribution in [3.8, 4) is 5.75 Å². The van der Waals surface area contributed by atoms with Crippen LogP contribution in [0.25, 0.3) is 0 Å². The molecule has 0 spiro atoms. The Hall–Kier alpha value is -1.79. The Morgan fingerprint density at radius 1 is 1.18 bits per heavy atom. The topological polar surface area (TPSA) is 58.1 Å². The van der Waals surface area contributed by atoms with Crippen molar-refractivity contribution in [1.82, 2.24) is 15.5 Å². The van der Waals surface area contributed by atoms with Gasteiger partial charge in [-0.15, -0.1) is 0 Å². The summed E-state index contributed by atoms with van der Waals surface area (Å²) in [5.74, 6) is 1.76. The first-order chi connectivity index (χ1) is 13.6. The molecule has 6 nitrogen and oxygen atoms in total. The van der Waals surface area contributed by atoms with Crippen molar-refractivity contribution in [2.24, 2.45) is 10.4 Å². The lowest BCUT2D eigenvalue weighted by Crippen LogP contribution is -2.43. The van der Waals surface area contributed by atoms with Crippen LogP contribution in [-0.4, -0.2) is 65.4 Å². The highest BCUT2D eigenvalue weighted by Gasteiger charge is 2.33. The molecule has 6 heteroatoms. The van der Waals surface area contributed by atoms with Gasteiger partial charge in [0.1, 0.15) is 12.4 Å². The summed E-state index contributed by atoms with van der Waals surface area (Å²) in [6, 6.07) is 8.24. The quantitative estimate of drug-likeness (QED) is 0.449. The van der Waals surface area contributed by atoms with Crippen molar-refractivity contribution in [3.05, 3.63) is 29.8 Å². The van der Waals surface area contributed by atoms with Crippen molar-refractivity contribution >= 4 is 5.96 Å². The van der Waals surface area contributed by atoms with Crippen LogP contribution in [0.4, 0.5) is 0 Å². The van der Waals surface area contributed by atoms with E-state index in [1.54, 1.807) is 7.11 Å². The molecule has 1 saturated carbocycles. The first-order valence-electron chi connectivity index (χ1n) is 10.4. The van der Waals surface area contributed by atoms with E-state index >= 15 is 0 Å². The van der Waals surface area contributed by atoms with Gasteiger partial charge in [0, 0.05) is 40.4 Å². The zero-order chi connectivity index (χ0) is 20.2. The number of hydrogen-bond acceptors (Lipinski definition) is 4. The third-order valence-electron chi connectivity index (χ3n) is 5.52. The Labute approximate surface area is 170 Å². The lowest BCUT2D eigenvalue weighted by Gasteiger charge is -2.30. The van der Waals surface area contributed by atoms with E-state index in [0.717, 1.165) is 44.4 Å². The number of rotatable bonds is 11. The van der Waals surface area contributed by atoms with Gasteiger partial charge in [-0.1, -0.05) is 25.0 Å². The second kappa shape index (κ2) is 11.9. The Balaban J connectivity index is 1.81. The van der Waals surface area contributed by atoms with Crippen molar-refractivity contribution in [2.45, 2.75) is 38.6 Å². The van der Waals surface area contributed by atoms with E-state index in [4.69, 9.17) is 9.47 Å². The van der Waals surface area contributed by atoms with Crippen molar-refractivity contribution < 1.29 is 9.47 Å². The van der Waals surface area contributed by atoms with Crippen LogP contribution in [0.5, 0.6) is 5.75 Å². The summed E-state index contributed by atoms with van der Waals surface area (Å²) in [7, 11) is 7.71. The Kier molecular flexibility index (Phi) is 9.58. The van der Waals surface area contributed by atoms with Gasteiger partial charge < -0.3 is 25.0 Å². The normalized spacial score (nSPS) is 16.4. The van der Waals surface area contributed by atoms with Crippen LogP contribution in [0.1, 0.15) is 37.7 Å². The summed E-state index contributed by atoms with van der Waals surface area (Å²) in [5.41, 5.74) is 1.52. The molecule has 0 aliphatic heterocycles. The van der Waals surface area contributed by atoms with Gasteiger partial charge in [0.2, 0.25) is 0 Å². The third-order valence-corrected chi connectivity index (χ3v) is 5.52. The average molecular weight is 391 g/mol. The number of guanidine groups is 1. The second-order valence-corrected chi connectivity index (χ2v) is 8.03. The molecule has 1 aromatic rings. The smallest absolute Gasteiger partial charge is 0.191 e. The summed E-state index contributed by atoms with van der Waals surface area (Å²) in [6.07, 6.45) is 6.29. The van der Waals surface area contributed by atoms with Gasteiger partial charge in [-0.05, 0) is 56.5 Å². The SMILES string of the molecule is CN=C(NCc1cccc(OCCN(C)C)c1)NCC1(CCOC)CCCC1. The molecule has 0 unspecified atom stereocenters. The number of likely N-dealkylation sites (N-methyl/N-ethyl adjacent to an activating group) is 1. The number of nitrogens with one attached hydrogen (secondary N) is 2. The van der Waals surface area contributed by atoms with Crippen molar-refractivity contribution in [1.29, 1.82) is 0 Å². The van der Waals surface area contributed by atoms with E-state index in [-0.39, 0.29) is 0 Å². The molecule has 0 radical (unpaired) electrons. The van der Waals surface area contributed by atoms with Gasteiger partial charge in [0.15, 0.2) is 5.96 Å². The van der Waals surface area contributed by atoms with Gasteiger partial charge in [-0.3, -0.25) is 4.99 Å². The van der Waals surface area contributed by atoms with Crippen LogP contribution in [0.2, 0.25) is 0 Å². The van der Waals surface area contributed by atoms with Crippen molar-refractivity contribution in [2.75, 3.05) is 54.6 Å². The molecule has 0 heterocycles. The minimum absolute atomic E-state index is 0.341. The molecular formula is C22H38N4O2. The van der Waals surface area contributed by atoms with Gasteiger partial charge in [0.25, 0.3) is 0 Å². The largest absolute Gasteiger partial charge is 0.492 e. The summed E-state index contributed by atoms with van der Waals surface area (Å²) in [5, 5.41) is 6.97. The standard InChI is InChI=1S/C22H38N4O2/c1-23-21(25-18-22(12-14-27-4)10-5-6-11-22)24-17-19-8-7-9-20(16-19)28-15-13-26(2)3/h7-9,16H,5-6,10-15,17-18H2,1-4H3,(H2,23,24,25). The molecule has 0 aromatic heterocycles. The van der Waals surface area contributed by atoms with Crippen LogP contribution < -0.4 is 15.4 Å². The fraction of sp³-hybridized carbons (Fsp3) is 0.682. The van der Waals surface area contributed by atoms with E-state index < -0.39 is 0 Å². The maximum absolute atomic E-state index is 5.83. The van der Waals surface area contributed by atoms with Gasteiger partial charge >= 0.3 is 0 Å². The Morgan fingerprint density at radius 2 is 1.96 bits per heavy atom. The summed E-state index contributed by atoms with van der Waals surface area (Å²) >= 11 is 0. The highest BCUT2D eigenvalue weighted by molar-refractivity contribution is 5.79. The maximum atomic E-state index is 5.83. The summed E-state index contributed by atoms with van der Waals surface area (Å²) in [4.78, 5) is 6.51. The van der Waals surface area contributed by atoms with Crippen LogP contribution in [0.3, 0.4) is 0 Å². The van der Waals surface area contributed by atoms with Crippen molar-refractivity contribution in [3.63, 3.8) is 0 Å². The fourth-order valence-electron chi connectivity index (χ4n) is 3.73. The van der Waals surface area contributed by atoms with Gasteiger partial charge in [0.05, 0.1) is 0 Å². The number of benzene rings is 1. The molecule has 1 aliphatic rings. The van der Waals surface area contributed by atoms with Gasteiger partial charge in [-0.2, -0.15) is 0 Å². The lowest BCUT2D eigenvalue weighted by atomic mass is 9.83. The molecule has 158 valence electrons. The first-order valence-corrected chi connectivity index (χ1v) is 10.4. The van der Waals surface area contributed by atoms with E-state index in [2.05, 4.69) is 32.7 Å². The molecule has 1 aromatic carbocycles. The molecule has 0 amide bonds. The molecule has 0 bridgehead atoms. The first kappa shape index (κ1) is 22.5. The monoisotopic (exact) mass is 390 g/mol. The summed E-state index contributed by atoms with van der Waals surface area (Å²) in [6.45, 7) is 4.09. The maximum Gasteiger partial charge on any atom is 0.191 e. The lowest BCUT2D eigenvalue weighted by molar-refractivity contribution is 0.138. The molecule has 2 rings (SSSR count). The minimum Gasteiger partial charge on any atom is -0.492 e. The zero-order valence-electron chi connectivity index (χ0n) is 18.1. The molecule has 1 fully saturated rings. The number of methoxy groups -OCH3 is 1. The second-order valence-electron chi connectivity index (χ2n) is 8.03. The number of ether oxygens (including phenoxy) is 2. The van der Waals surface area contributed by atoms with E-state index in [1.807, 2.05) is 33.3 Å². The molecular weight excluding hydrogens is 352 g/mol. The molecule has 0 atom stereocenters. The van der Waals surface area contributed by atoms with Crippen LogP contribution >= 0.6 is 0 Å². The number of hydrogen-bond donors (Lipinski definition) is 2. The highest BCUT2D eigenvalue weighted by Crippen LogP contribution is 2.40. The third kappa shape index (κ3) is 7.68. The predicted octanol–water partition coefficient (Wildman–Crippen LogP) is 2.89. The zero-order valence-corrected chi connectivity index (χ0v) is 18.1. The van der Waals surface area contributed by atoms with Crippen LogP contribution in [0.15, 0.2) is 29.3 Å². The number of nitrogens with zero attached hydrogens (tertiary/aromatic N) is 2. The molecule has 0 saturated heterocycles. The van der Waals surface area contributed by atoms with Crippen LogP contribution in [0, 0.1) is 5.41 Å². The van der Waals surface area contributed by atoms with Crippen LogP contribution in [-0.2, 0) is 11.3 Å². The molecule has 2 N–H and O–H groups in total. The summed E-state index contributed by atoms with van der Waals surface area (Å²) < 4.78 is 11.2. The molecule has 28 heavy (non-hydrogen) atoms. The average Bonchev–Trinajstić information content (AvgIpc) is 3.16. The van der Waals surface area contributed by atoms with Gasteiger partial charge in [-0.25, -0.2) is 0 Å². The minimum atomic E-state index is 0.341. The fourth-order valence-corrected chi connectivity index (χ4v) is 3.73. The number of aliphatic imine (C=N–C) groups is 1. The highest BCUT2D eigenvalue weighted by atomic mass is 16.5. The molecule has 1 aliphatic carbocycles. The Morgan fingerprint density at radius 3 is 2.64 bits per heavy atom. The van der Waals surface area contributed by atoms with E-state index in [1.165, 1.54) is 31.2 Å².